The van der Waals surface area contributed by atoms with Gasteiger partial charge >= 0.3 is 0 Å². The van der Waals surface area contributed by atoms with Gasteiger partial charge in [0, 0.05) is 49.2 Å². The van der Waals surface area contributed by atoms with Gasteiger partial charge in [0.05, 0.1) is 5.69 Å². The number of nitrogens with zero attached hydrogens (tertiary/aromatic N) is 3. The summed E-state index contributed by atoms with van der Waals surface area (Å²) in [6.07, 6.45) is 3.19. The molecule has 2 atom stereocenters. The van der Waals surface area contributed by atoms with Gasteiger partial charge in [-0.15, -0.1) is 0 Å². The van der Waals surface area contributed by atoms with Crippen LogP contribution in [0.5, 0.6) is 0 Å². The lowest BCUT2D eigenvalue weighted by Gasteiger charge is -2.25. The monoisotopic (exact) mass is 585 g/mol. The predicted octanol–water partition coefficient (Wildman–Crippen LogP) is 5.16. The Hall–Kier alpha value is -5.02. The van der Waals surface area contributed by atoms with Crippen molar-refractivity contribution in [3.63, 3.8) is 0 Å². The van der Waals surface area contributed by atoms with Gasteiger partial charge in [-0.1, -0.05) is 42.5 Å². The zero-order valence-electron chi connectivity index (χ0n) is 25.1. The summed E-state index contributed by atoms with van der Waals surface area (Å²) in [5, 5.41) is 21.0. The highest BCUT2D eigenvalue weighted by Crippen LogP contribution is 2.39. The summed E-state index contributed by atoms with van der Waals surface area (Å²) in [5.74, 6) is -0.772. The topological polar surface area (TPSA) is 117 Å². The number of hydrogen-bond donors (Lipinski definition) is 4. The molecule has 7 rings (SSSR count). The van der Waals surface area contributed by atoms with Gasteiger partial charge in [-0.3, -0.25) is 19.4 Å². The van der Waals surface area contributed by atoms with Gasteiger partial charge in [0.2, 0.25) is 5.91 Å². The van der Waals surface area contributed by atoms with E-state index in [4.69, 9.17) is 0 Å². The minimum absolute atomic E-state index is 0.186. The number of aromatic nitrogens is 4. The van der Waals surface area contributed by atoms with Crippen LogP contribution in [0.25, 0.3) is 22.3 Å². The number of aryl methyl sites for hydroxylation is 4. The van der Waals surface area contributed by atoms with Crippen molar-refractivity contribution in [3.05, 3.63) is 112 Å². The highest BCUT2D eigenvalue weighted by Gasteiger charge is 2.36. The number of nitrogens with one attached hydrogen (secondary N) is 4. The van der Waals surface area contributed by atoms with E-state index in [1.807, 2.05) is 38.1 Å². The van der Waals surface area contributed by atoms with Crippen LogP contribution in [-0.4, -0.2) is 37.8 Å². The lowest BCUT2D eigenvalue weighted by molar-refractivity contribution is -0.118. The van der Waals surface area contributed by atoms with Crippen LogP contribution in [-0.2, 0) is 31.4 Å². The molecule has 5 aromatic rings. The number of amides is 2. The van der Waals surface area contributed by atoms with Crippen molar-refractivity contribution in [1.82, 2.24) is 30.6 Å². The summed E-state index contributed by atoms with van der Waals surface area (Å²) in [7, 11) is 1.72. The first-order valence-corrected chi connectivity index (χ1v) is 15.0. The standard InChI is InChI=1S/C35H35N7O2/c1-20-32(21(2)41-40-20)23-8-11-28(12-9-23)38-35(44)33(39-34(43)31-14-15-37-42(31)3)29-13-10-22-4-5-25(17-30(22)29)24-6-7-26-18-36-19-27(26)16-24/h4-9,11-12,14-17,29,33,36H,10,13,18-19H2,1-3H3,(H,38,44)(H,39,43)(H,40,41)/t29-,33?/m1/s1. The number of carbonyl (C=O) groups is 2. The quantitative estimate of drug-likeness (QED) is 0.210. The third kappa shape index (κ3) is 5.09. The average molecular weight is 586 g/mol. The van der Waals surface area contributed by atoms with Gasteiger partial charge in [0.1, 0.15) is 11.7 Å². The minimum atomic E-state index is -0.781. The number of hydrogen-bond acceptors (Lipinski definition) is 5. The molecule has 3 aromatic carbocycles. The van der Waals surface area contributed by atoms with Crippen LogP contribution in [0.4, 0.5) is 5.69 Å². The molecular weight excluding hydrogens is 550 g/mol. The van der Waals surface area contributed by atoms with E-state index in [9.17, 15) is 9.59 Å². The van der Waals surface area contributed by atoms with E-state index in [0.717, 1.165) is 65.1 Å². The molecule has 2 aliphatic rings. The Bertz CT molecular complexity index is 1870. The third-order valence-corrected chi connectivity index (χ3v) is 9.03. The summed E-state index contributed by atoms with van der Waals surface area (Å²) >= 11 is 0. The molecule has 1 aliphatic heterocycles. The summed E-state index contributed by atoms with van der Waals surface area (Å²) in [5.41, 5.74) is 12.3. The van der Waals surface area contributed by atoms with Crippen LogP contribution < -0.4 is 16.0 Å². The fourth-order valence-electron chi connectivity index (χ4n) is 6.71. The van der Waals surface area contributed by atoms with Crippen molar-refractivity contribution >= 4 is 17.5 Å². The Balaban J connectivity index is 1.19. The number of aromatic amines is 1. The van der Waals surface area contributed by atoms with Crippen LogP contribution in [0.2, 0.25) is 0 Å². The first-order chi connectivity index (χ1) is 21.4. The van der Waals surface area contributed by atoms with E-state index in [1.54, 1.807) is 19.3 Å². The molecule has 44 heavy (non-hydrogen) atoms. The van der Waals surface area contributed by atoms with Gasteiger partial charge in [0.25, 0.3) is 5.91 Å². The number of fused-ring (bicyclic) bond motifs is 2. The van der Waals surface area contributed by atoms with E-state index < -0.39 is 6.04 Å². The second kappa shape index (κ2) is 11.2. The molecular formula is C35H35N7O2. The second-order valence-corrected chi connectivity index (χ2v) is 11.8. The molecule has 9 heteroatoms. The Kier molecular flexibility index (Phi) is 7.10. The van der Waals surface area contributed by atoms with Crippen LogP contribution in [0.1, 0.15) is 56.5 Å². The van der Waals surface area contributed by atoms with E-state index in [0.29, 0.717) is 11.4 Å². The van der Waals surface area contributed by atoms with Gasteiger partial charge in [-0.2, -0.15) is 10.2 Å². The van der Waals surface area contributed by atoms with E-state index in [2.05, 4.69) is 67.6 Å². The van der Waals surface area contributed by atoms with Gasteiger partial charge in [-0.25, -0.2) is 0 Å². The van der Waals surface area contributed by atoms with Crippen LogP contribution >= 0.6 is 0 Å². The third-order valence-electron chi connectivity index (χ3n) is 9.03. The lowest BCUT2D eigenvalue weighted by atomic mass is 9.89. The molecule has 0 saturated carbocycles. The SMILES string of the molecule is Cc1n[nH]c(C)c1-c1ccc(NC(=O)C(NC(=O)c2ccnn2C)[C@@H]2CCc3ccc(-c4ccc5c(c4)CNC5)cc32)cc1. The summed E-state index contributed by atoms with van der Waals surface area (Å²) in [4.78, 5) is 27.5. The molecule has 0 saturated heterocycles. The molecule has 1 aliphatic carbocycles. The van der Waals surface area contributed by atoms with Crippen LogP contribution in [0.3, 0.4) is 0 Å². The summed E-state index contributed by atoms with van der Waals surface area (Å²) < 4.78 is 1.52. The Morgan fingerprint density at radius 3 is 2.36 bits per heavy atom. The van der Waals surface area contributed by atoms with E-state index in [1.165, 1.54) is 21.4 Å². The molecule has 2 amide bonds. The number of H-pyrrole nitrogens is 1. The Morgan fingerprint density at radius 2 is 1.64 bits per heavy atom. The maximum absolute atomic E-state index is 14.0. The highest BCUT2D eigenvalue weighted by atomic mass is 16.2. The minimum Gasteiger partial charge on any atom is -0.338 e. The first-order valence-electron chi connectivity index (χ1n) is 15.0. The molecule has 4 N–H and O–H groups in total. The molecule has 9 nitrogen and oxygen atoms in total. The van der Waals surface area contributed by atoms with Crippen molar-refractivity contribution in [3.8, 4) is 22.3 Å². The smallest absolute Gasteiger partial charge is 0.270 e. The number of benzene rings is 3. The van der Waals surface area contributed by atoms with Crippen molar-refractivity contribution in [2.75, 3.05) is 5.32 Å². The molecule has 0 spiro atoms. The Labute approximate surface area is 256 Å². The van der Waals surface area contributed by atoms with Crippen molar-refractivity contribution in [1.29, 1.82) is 0 Å². The number of carbonyl (C=O) groups excluding carboxylic acids is 2. The molecule has 0 radical (unpaired) electrons. The zero-order valence-corrected chi connectivity index (χ0v) is 25.1. The number of anilines is 1. The maximum atomic E-state index is 14.0. The second-order valence-electron chi connectivity index (χ2n) is 11.8. The van der Waals surface area contributed by atoms with E-state index >= 15 is 0 Å². The largest absolute Gasteiger partial charge is 0.338 e. The highest BCUT2D eigenvalue weighted by molar-refractivity contribution is 6.01. The van der Waals surface area contributed by atoms with Crippen LogP contribution in [0.15, 0.2) is 72.9 Å². The molecule has 1 unspecified atom stereocenters. The zero-order chi connectivity index (χ0) is 30.4. The summed E-state index contributed by atoms with van der Waals surface area (Å²) in [6.45, 7) is 5.74. The average Bonchev–Trinajstić information content (AvgIpc) is 3.83. The molecule has 222 valence electrons. The normalized spacial score (nSPS) is 15.9. The fourth-order valence-corrected chi connectivity index (χ4v) is 6.71. The van der Waals surface area contributed by atoms with Gasteiger partial charge in [0.15, 0.2) is 0 Å². The van der Waals surface area contributed by atoms with Crippen LogP contribution in [0, 0.1) is 13.8 Å². The maximum Gasteiger partial charge on any atom is 0.270 e. The summed E-state index contributed by atoms with van der Waals surface area (Å²) in [6, 6.07) is 21.8. The number of rotatable bonds is 7. The predicted molar refractivity (Wildman–Crippen MR) is 170 cm³/mol. The Morgan fingerprint density at radius 1 is 0.909 bits per heavy atom. The van der Waals surface area contributed by atoms with Gasteiger partial charge < -0.3 is 16.0 Å². The molecule has 3 heterocycles. The molecule has 0 bridgehead atoms. The molecule has 0 fully saturated rings. The van der Waals surface area contributed by atoms with Crippen molar-refractivity contribution in [2.24, 2.45) is 7.05 Å². The van der Waals surface area contributed by atoms with Crippen molar-refractivity contribution < 1.29 is 9.59 Å². The first kappa shape index (κ1) is 27.8. The lowest BCUT2D eigenvalue weighted by Crippen LogP contribution is -2.47. The van der Waals surface area contributed by atoms with Crippen molar-refractivity contribution in [2.45, 2.75) is 51.7 Å². The van der Waals surface area contributed by atoms with Gasteiger partial charge in [-0.05, 0) is 89.9 Å². The molecule has 2 aromatic heterocycles. The fraction of sp³-hybridized carbons (Fsp3) is 0.257. The van der Waals surface area contributed by atoms with E-state index in [-0.39, 0.29) is 17.7 Å².